The molecule has 7 amide bonds. The first kappa shape index (κ1) is 64.0. The number of rotatable bonds is 38. The molecule has 0 bridgehead atoms. The van der Waals surface area contributed by atoms with Crippen LogP contribution in [0.4, 0.5) is 0 Å². The third-order valence-corrected chi connectivity index (χ3v) is 11.2. The van der Waals surface area contributed by atoms with Gasteiger partial charge in [0, 0.05) is 19.5 Å². The van der Waals surface area contributed by atoms with Crippen LogP contribution in [0.25, 0.3) is 0 Å². The molecule has 0 saturated carbocycles. The highest BCUT2D eigenvalue weighted by Gasteiger charge is 2.34. The zero-order valence-electron chi connectivity index (χ0n) is 40.6. The molecule has 0 aliphatic carbocycles. The van der Waals surface area contributed by atoms with Gasteiger partial charge in [-0.25, -0.2) is 4.79 Å². The van der Waals surface area contributed by atoms with E-state index in [1.165, 1.54) is 6.92 Å². The fourth-order valence-electron chi connectivity index (χ4n) is 6.59. The second kappa shape index (κ2) is 36.0. The summed E-state index contributed by atoms with van der Waals surface area (Å²) in [6.07, 6.45) is 1.98. The van der Waals surface area contributed by atoms with Gasteiger partial charge in [-0.2, -0.15) is 12.6 Å². The summed E-state index contributed by atoms with van der Waals surface area (Å²) in [5, 5.41) is 37.0. The number of carboxylic acid groups (broad SMARTS) is 2. The fraction of sp³-hybridized carbons (Fsp3) is 0.738. The van der Waals surface area contributed by atoms with Crippen LogP contribution in [0.3, 0.4) is 0 Å². The smallest absolute Gasteiger partial charge is 0.326 e. The number of thiol groups is 1. The maximum Gasteiger partial charge on any atom is 0.326 e. The Labute approximate surface area is 414 Å². The second-order valence-corrected chi connectivity index (χ2v) is 17.2. The van der Waals surface area contributed by atoms with E-state index in [1.807, 2.05) is 0 Å². The average Bonchev–Trinajstić information content (AvgIpc) is 3.29. The normalized spacial score (nSPS) is 14.8. The molecule has 9 atom stereocenters. The number of nitrogens with zero attached hydrogens (tertiary/aromatic N) is 2. The van der Waals surface area contributed by atoms with Crippen LogP contribution in [-0.4, -0.2) is 156 Å². The van der Waals surface area contributed by atoms with Crippen LogP contribution in [0.1, 0.15) is 111 Å². The van der Waals surface area contributed by atoms with Gasteiger partial charge in [-0.05, 0) is 109 Å². The Morgan fingerprint density at radius 3 is 1.37 bits per heavy atom. The molecule has 0 fully saturated rings. The Hall–Kier alpha value is -6.00. The third-order valence-electron chi connectivity index (χ3n) is 10.9. The minimum Gasteiger partial charge on any atom is -0.481 e. The van der Waals surface area contributed by atoms with Crippen molar-refractivity contribution < 1.29 is 53.4 Å². The summed E-state index contributed by atoms with van der Waals surface area (Å²) in [5.41, 5.74) is 38.7. The van der Waals surface area contributed by atoms with E-state index < -0.39 is 114 Å². The van der Waals surface area contributed by atoms with Gasteiger partial charge >= 0.3 is 11.9 Å². The van der Waals surface area contributed by atoms with Gasteiger partial charge in [0.05, 0.1) is 6.04 Å². The number of carbonyl (C=O) groups excluding carboxylic acids is 7. The molecule has 0 aromatic rings. The number of guanidine groups is 2. The van der Waals surface area contributed by atoms with Crippen LogP contribution in [0.5, 0.6) is 0 Å². The number of hydrogen-bond donors (Lipinski definition) is 17. The van der Waals surface area contributed by atoms with Crippen molar-refractivity contribution in [1.29, 1.82) is 0 Å². The summed E-state index contributed by atoms with van der Waals surface area (Å²) < 4.78 is 0. The van der Waals surface area contributed by atoms with Crippen molar-refractivity contribution in [2.75, 3.05) is 31.9 Å². The minimum atomic E-state index is -1.41. The number of amides is 7. The SMILES string of the molecule is CC[C@H](C)[C@H](NC(=O)[C@H](CCC(=O)O)NC(=O)[C@@H](N)CCCN=C(N)N)C(=O)N[C@@H](C)C(=O)N[C@@H](CCCCN)C(=O)N[C@@H](CCCCN)C(=O)N[C@@H](CCS)C(=O)N[C@@H](CCCN=C(N)N)C(=O)O. The second-order valence-electron chi connectivity index (χ2n) is 16.8. The van der Waals surface area contributed by atoms with Crippen LogP contribution in [0, 0.1) is 5.92 Å². The molecule has 70 heavy (non-hydrogen) atoms. The Morgan fingerprint density at radius 2 is 0.929 bits per heavy atom. The van der Waals surface area contributed by atoms with Gasteiger partial charge in [-0.3, -0.25) is 48.3 Å². The zero-order valence-corrected chi connectivity index (χ0v) is 41.5. The van der Waals surface area contributed by atoms with E-state index in [9.17, 15) is 53.4 Å². The summed E-state index contributed by atoms with van der Waals surface area (Å²) in [6, 6.07) is -10.2. The summed E-state index contributed by atoms with van der Waals surface area (Å²) >= 11 is 4.20. The van der Waals surface area contributed by atoms with Crippen molar-refractivity contribution in [1.82, 2.24) is 37.2 Å². The number of hydrogen-bond acceptors (Lipinski definition) is 15. The van der Waals surface area contributed by atoms with Gasteiger partial charge < -0.3 is 87.6 Å². The van der Waals surface area contributed by atoms with Gasteiger partial charge in [0.2, 0.25) is 41.4 Å². The molecule has 27 nitrogen and oxygen atoms in total. The number of unbranched alkanes of at least 4 members (excludes halogenated alkanes) is 2. The fourth-order valence-corrected chi connectivity index (χ4v) is 6.84. The molecule has 0 aliphatic heterocycles. The third kappa shape index (κ3) is 27.3. The van der Waals surface area contributed by atoms with Gasteiger partial charge in [0.15, 0.2) is 11.9 Å². The Bertz CT molecular complexity index is 1750. The van der Waals surface area contributed by atoms with E-state index >= 15 is 0 Å². The van der Waals surface area contributed by atoms with E-state index in [-0.39, 0.29) is 88.8 Å². The van der Waals surface area contributed by atoms with Gasteiger partial charge in [0.1, 0.15) is 42.3 Å². The van der Waals surface area contributed by atoms with Crippen molar-refractivity contribution in [2.45, 2.75) is 159 Å². The summed E-state index contributed by atoms with van der Waals surface area (Å²) in [4.78, 5) is 126. The molecule has 0 radical (unpaired) electrons. The number of nitrogens with two attached hydrogens (primary N) is 7. The highest BCUT2D eigenvalue weighted by molar-refractivity contribution is 7.80. The predicted octanol–water partition coefficient (Wildman–Crippen LogP) is -4.59. The molecular formula is C42H80N16O11S. The van der Waals surface area contributed by atoms with Gasteiger partial charge in [-0.15, -0.1) is 0 Å². The Kier molecular flexibility index (Phi) is 32.9. The van der Waals surface area contributed by atoms with Crippen molar-refractivity contribution >= 4 is 77.8 Å². The summed E-state index contributed by atoms with van der Waals surface area (Å²) in [6.45, 7) is 5.60. The molecular weight excluding hydrogens is 937 g/mol. The Balaban J connectivity index is 6.27. The van der Waals surface area contributed by atoms with E-state index in [0.29, 0.717) is 38.5 Å². The number of carboxylic acids is 2. The van der Waals surface area contributed by atoms with Crippen LogP contribution in [-0.2, 0) is 43.2 Å². The molecule has 0 aliphatic rings. The maximum atomic E-state index is 14.0. The van der Waals surface area contributed by atoms with Gasteiger partial charge in [-0.1, -0.05) is 20.3 Å². The molecule has 23 N–H and O–H groups in total. The lowest BCUT2D eigenvalue weighted by Gasteiger charge is -2.28. The van der Waals surface area contributed by atoms with E-state index in [2.05, 4.69) is 59.8 Å². The molecule has 0 aromatic carbocycles. The lowest BCUT2D eigenvalue weighted by molar-refractivity contribution is -0.142. The molecule has 400 valence electrons. The van der Waals surface area contributed by atoms with Crippen LogP contribution in [0.2, 0.25) is 0 Å². The van der Waals surface area contributed by atoms with Crippen molar-refractivity contribution in [2.24, 2.45) is 56.0 Å². The number of aliphatic carboxylic acids is 2. The van der Waals surface area contributed by atoms with Crippen molar-refractivity contribution in [3.8, 4) is 0 Å². The molecule has 0 saturated heterocycles. The van der Waals surface area contributed by atoms with Crippen LogP contribution >= 0.6 is 12.6 Å². The highest BCUT2D eigenvalue weighted by atomic mass is 32.1. The molecule has 0 aromatic heterocycles. The average molecular weight is 1020 g/mol. The van der Waals surface area contributed by atoms with E-state index in [1.54, 1.807) is 13.8 Å². The maximum absolute atomic E-state index is 14.0. The number of carbonyl (C=O) groups is 9. The monoisotopic (exact) mass is 1020 g/mol. The van der Waals surface area contributed by atoms with Gasteiger partial charge in [0.25, 0.3) is 0 Å². The first-order valence-electron chi connectivity index (χ1n) is 23.5. The number of nitrogens with one attached hydrogen (secondary N) is 7. The summed E-state index contributed by atoms with van der Waals surface area (Å²) in [5.74, 6) is -8.89. The van der Waals surface area contributed by atoms with E-state index in [4.69, 9.17) is 40.1 Å². The van der Waals surface area contributed by atoms with Crippen molar-refractivity contribution in [3.05, 3.63) is 0 Å². The highest BCUT2D eigenvalue weighted by Crippen LogP contribution is 2.12. The lowest BCUT2D eigenvalue weighted by atomic mass is 9.97. The standard InChI is InChI=1S/C42H80N16O11S/c1-4-23(2)32(58-38(66)28(15-16-31(59)60)54-34(62)25(45)11-9-20-50-41(46)47)39(67)52-24(3)33(61)53-26(12-5-7-18-43)35(63)55-27(13-6-8-19-44)36(64)56-29(17-22-70)37(65)57-30(40(68)69)14-10-21-51-42(48)49/h23-30,32,70H,4-22,43-45H2,1-3H3,(H,52,67)(H,53,61)(H,54,62)(H,55,63)(H,56,64)(H,57,65)(H,58,66)(H,59,60)(H,68,69)(H4,46,47,50)(H4,48,49,51)/t23-,24-,25-,26-,27-,28-,29-,30-,32-/m0/s1. The van der Waals surface area contributed by atoms with Crippen LogP contribution in [0.15, 0.2) is 9.98 Å². The summed E-state index contributed by atoms with van der Waals surface area (Å²) in [7, 11) is 0. The zero-order chi connectivity index (χ0) is 53.3. The Morgan fingerprint density at radius 1 is 0.514 bits per heavy atom. The lowest BCUT2D eigenvalue weighted by Crippen LogP contribution is -2.60. The molecule has 0 rings (SSSR count). The molecule has 0 unspecified atom stereocenters. The molecule has 0 spiro atoms. The predicted molar refractivity (Wildman–Crippen MR) is 265 cm³/mol. The first-order valence-corrected chi connectivity index (χ1v) is 24.1. The van der Waals surface area contributed by atoms with Crippen LogP contribution < -0.4 is 77.4 Å². The van der Waals surface area contributed by atoms with Crippen molar-refractivity contribution in [3.63, 3.8) is 0 Å². The first-order chi connectivity index (χ1) is 33.0. The topological polar surface area (TPSA) is 485 Å². The van der Waals surface area contributed by atoms with E-state index in [0.717, 1.165) is 0 Å². The largest absolute Gasteiger partial charge is 0.481 e. The minimum absolute atomic E-state index is 0.00628. The quantitative estimate of drug-likeness (QED) is 0.0120. The molecule has 28 heteroatoms. The molecule has 0 heterocycles. The number of aliphatic imine (C=N–C) groups is 2.